The molecule has 0 spiro atoms. The number of nitrogens with zero attached hydrogens (tertiary/aromatic N) is 1. The van der Waals surface area contributed by atoms with Crippen LogP contribution in [-0.4, -0.2) is 26.0 Å². The van der Waals surface area contributed by atoms with Crippen LogP contribution in [0.5, 0.6) is 0 Å². The second-order valence-corrected chi connectivity index (χ2v) is 16.1. The second kappa shape index (κ2) is 8.93. The number of hydrogen-bond acceptors (Lipinski definition) is 9. The van der Waals surface area contributed by atoms with E-state index in [9.17, 15) is 23.6 Å². The third kappa shape index (κ3) is 4.92. The minimum Gasteiger partial charge on any atom is -0.691 e. The second-order valence-electron chi connectivity index (χ2n) is 3.77. The summed E-state index contributed by atoms with van der Waals surface area (Å²) in [6.07, 6.45) is 0. The molecule has 0 aliphatic heterocycles. The van der Waals surface area contributed by atoms with Gasteiger partial charge in [-0.3, -0.25) is 5.04 Å². The van der Waals surface area contributed by atoms with Gasteiger partial charge in [0.1, 0.15) is 0 Å². The zero-order chi connectivity index (χ0) is 17.4. The van der Waals surface area contributed by atoms with Gasteiger partial charge in [-0.15, -0.1) is 11.3 Å². The Morgan fingerprint density at radius 3 is 2.50 bits per heavy atom. The molecule has 1 heterocycles. The Balaban J connectivity index is 0.00000288. The summed E-state index contributed by atoms with van der Waals surface area (Å²) in [6.45, 7) is 0. The maximum atomic E-state index is 12.3. The number of sulfone groups is 1. The van der Waals surface area contributed by atoms with Gasteiger partial charge in [-0.25, -0.2) is 18.2 Å². The van der Waals surface area contributed by atoms with Crippen molar-refractivity contribution in [2.24, 2.45) is 0 Å². The monoisotopic (exact) mass is 593 g/mol. The molecule has 15 heteroatoms. The van der Waals surface area contributed by atoms with E-state index in [1.54, 1.807) is 0 Å². The number of aromatic nitrogens is 1. The van der Waals surface area contributed by atoms with Crippen molar-refractivity contribution < 1.29 is 62.5 Å². The molecule has 24 heavy (non-hydrogen) atoms. The summed E-state index contributed by atoms with van der Waals surface area (Å²) < 4.78 is 27.0. The van der Waals surface area contributed by atoms with Crippen LogP contribution < -0.4 is 34.8 Å². The number of fused-ring (bicyclic) bond motifs is 1. The molecule has 0 aliphatic carbocycles. The minimum absolute atomic E-state index is 0. The summed E-state index contributed by atoms with van der Waals surface area (Å²) in [7, 11) is -3.96. The molecule has 0 aliphatic rings. The molecule has 0 bridgehead atoms. The number of halogens is 3. The van der Waals surface area contributed by atoms with Crippen LogP contribution in [-0.2, 0) is 19.2 Å². The van der Waals surface area contributed by atoms with Crippen molar-refractivity contribution in [1.82, 2.24) is 4.98 Å². The number of carbonyl (C=O) groups is 1. The number of rotatable bonds is 5. The number of carboxylic acids is 1. The van der Waals surface area contributed by atoms with Crippen LogP contribution >= 0.6 is 71.2 Å². The topological polar surface area (TPSA) is 126 Å². The number of benzene rings is 1. The predicted octanol–water partition coefficient (Wildman–Crippen LogP) is -0.201. The number of hydrogen-bond donors (Lipinski definition) is 1. The fourth-order valence-corrected chi connectivity index (χ4v) is 6.50. The average molecular weight is 596 g/mol. The van der Waals surface area contributed by atoms with Gasteiger partial charge < -0.3 is 10.4 Å². The van der Waals surface area contributed by atoms with Crippen LogP contribution in [0.4, 0.5) is 0 Å². The SMILES string of the molecule is O=C(O)c1cc(SOO[O-])cc2nc(S(=O)(=O)C(Br)(Br)Br)sc12.[Na+]. The molecule has 2 rings (SSSR count). The molecule has 126 valence electrons. The van der Waals surface area contributed by atoms with E-state index < -0.39 is 17.3 Å². The molecule has 8 nitrogen and oxygen atoms in total. The minimum atomic E-state index is -3.96. The van der Waals surface area contributed by atoms with Crippen LogP contribution in [0.1, 0.15) is 10.4 Å². The quantitative estimate of drug-likeness (QED) is 0.164. The fourth-order valence-electron chi connectivity index (χ4n) is 1.46. The first-order valence-corrected chi connectivity index (χ1v) is 10.6. The third-order valence-electron chi connectivity index (χ3n) is 2.37. The van der Waals surface area contributed by atoms with Crippen molar-refractivity contribution in [1.29, 1.82) is 0 Å². The van der Waals surface area contributed by atoms with Crippen molar-refractivity contribution in [3.8, 4) is 0 Å². The standard InChI is InChI=1S/C9H4Br3NO7S3.Na/c10-9(11,12)23(17,18)8-13-5-2-3(22-20-19-16)1-4(7(14)15)6(5)21-8;/h1-2,16H,(H,14,15);/q;+1/p-1. The molecule has 1 aromatic carbocycles. The van der Waals surface area contributed by atoms with Crippen molar-refractivity contribution >= 4 is 97.2 Å². The van der Waals surface area contributed by atoms with Crippen molar-refractivity contribution in [3.63, 3.8) is 0 Å². The van der Waals surface area contributed by atoms with E-state index in [2.05, 4.69) is 62.1 Å². The molecular weight excluding hydrogens is 593 g/mol. The molecule has 0 radical (unpaired) electrons. The molecule has 0 atom stereocenters. The first-order valence-electron chi connectivity index (χ1n) is 5.20. The van der Waals surface area contributed by atoms with Gasteiger partial charge in [0.25, 0.3) is 0 Å². The van der Waals surface area contributed by atoms with Gasteiger partial charge in [0.05, 0.1) is 27.8 Å². The summed E-state index contributed by atoms with van der Waals surface area (Å²) >= 11 is 9.92. The largest absolute Gasteiger partial charge is 1.00 e. The van der Waals surface area contributed by atoms with E-state index in [0.717, 1.165) is 0 Å². The van der Waals surface area contributed by atoms with E-state index in [0.29, 0.717) is 23.4 Å². The summed E-state index contributed by atoms with van der Waals surface area (Å²) in [5, 5.41) is 22.3. The number of aromatic carboxylic acids is 1. The van der Waals surface area contributed by atoms with Gasteiger partial charge >= 0.3 is 35.5 Å². The van der Waals surface area contributed by atoms with Crippen molar-refractivity contribution in [3.05, 3.63) is 17.7 Å². The Labute approximate surface area is 191 Å². The van der Waals surface area contributed by atoms with Crippen molar-refractivity contribution in [2.75, 3.05) is 0 Å². The van der Waals surface area contributed by atoms with Crippen LogP contribution in [0.15, 0.2) is 21.4 Å². The molecule has 1 N–H and O–H groups in total. The average Bonchev–Trinajstić information content (AvgIpc) is 2.87. The van der Waals surface area contributed by atoms with Crippen LogP contribution in [0.3, 0.4) is 0 Å². The van der Waals surface area contributed by atoms with E-state index in [1.807, 2.05) is 0 Å². The normalized spacial score (nSPS) is 12.2. The molecular formula is C9H3Br3NNaO7S3. The third-order valence-corrected chi connectivity index (χ3v) is 9.72. The maximum absolute atomic E-state index is 12.3. The van der Waals surface area contributed by atoms with Crippen LogP contribution in [0.25, 0.3) is 10.2 Å². The summed E-state index contributed by atoms with van der Waals surface area (Å²) in [6, 6.07) is 2.59. The van der Waals surface area contributed by atoms with E-state index in [1.165, 1.54) is 12.1 Å². The smallest absolute Gasteiger partial charge is 0.691 e. The van der Waals surface area contributed by atoms with Crippen LogP contribution in [0, 0.1) is 0 Å². The molecule has 0 fully saturated rings. The van der Waals surface area contributed by atoms with Gasteiger partial charge in [-0.05, 0) is 59.9 Å². The zero-order valence-electron chi connectivity index (χ0n) is 11.4. The Morgan fingerprint density at radius 1 is 1.38 bits per heavy atom. The van der Waals surface area contributed by atoms with Gasteiger partial charge in [0.15, 0.2) is 0 Å². The van der Waals surface area contributed by atoms with Gasteiger partial charge in [0, 0.05) is 4.90 Å². The Morgan fingerprint density at radius 2 is 2.00 bits per heavy atom. The first kappa shape index (κ1) is 23.2. The fraction of sp³-hybridized carbons (Fsp3) is 0.111. The predicted molar refractivity (Wildman–Crippen MR) is 91.3 cm³/mol. The summed E-state index contributed by atoms with van der Waals surface area (Å²) in [5.41, 5.74) is -0.0509. The molecule has 0 amide bonds. The first-order chi connectivity index (χ1) is 10.6. The summed E-state index contributed by atoms with van der Waals surface area (Å²) in [4.78, 5) is 15.5. The van der Waals surface area contributed by atoms with Crippen molar-refractivity contribution in [2.45, 2.75) is 10.7 Å². The Kier molecular flexibility index (Phi) is 8.64. The molecule has 1 aromatic heterocycles. The maximum Gasteiger partial charge on any atom is 1.00 e. The number of alkyl halides is 3. The molecule has 2 aromatic rings. The summed E-state index contributed by atoms with van der Waals surface area (Å²) in [5.74, 6) is -1.28. The number of thiazole rings is 1. The van der Waals surface area contributed by atoms with E-state index in [-0.39, 0.29) is 54.6 Å². The van der Waals surface area contributed by atoms with Gasteiger partial charge in [0.2, 0.25) is 15.7 Å². The van der Waals surface area contributed by atoms with Crippen LogP contribution in [0.2, 0.25) is 0 Å². The van der Waals surface area contributed by atoms with Gasteiger partial charge in [-0.2, -0.15) is 4.33 Å². The molecule has 0 unspecified atom stereocenters. The Hall–Kier alpha value is 1.20. The molecule has 0 saturated heterocycles. The van der Waals surface area contributed by atoms with Gasteiger partial charge in [-0.1, -0.05) is 0 Å². The van der Waals surface area contributed by atoms with E-state index >= 15 is 0 Å². The Bertz CT molecular complexity index is 867. The molecule has 0 saturated carbocycles. The zero-order valence-corrected chi connectivity index (χ0v) is 20.6. The van der Waals surface area contributed by atoms with E-state index in [4.69, 9.17) is 0 Å². The number of carboxylic acid groups (broad SMARTS) is 1.